The number of rotatable bonds is 1. The summed E-state index contributed by atoms with van der Waals surface area (Å²) in [6.45, 7) is 0.651. The van der Waals surface area contributed by atoms with E-state index in [1.165, 1.54) is 7.11 Å². The fraction of sp³-hybridized carbons (Fsp3) is 0.750. The van der Waals surface area contributed by atoms with Crippen molar-refractivity contribution in [2.24, 2.45) is 0 Å². The van der Waals surface area contributed by atoms with E-state index in [0.29, 0.717) is 19.4 Å². The molecule has 1 unspecified atom stereocenters. The van der Waals surface area contributed by atoms with Crippen molar-refractivity contribution in [2.45, 2.75) is 18.9 Å². The Bertz CT molecular complexity index is 202. The van der Waals surface area contributed by atoms with E-state index in [9.17, 15) is 9.59 Å². The van der Waals surface area contributed by atoms with Crippen LogP contribution < -0.4 is 0 Å². The summed E-state index contributed by atoms with van der Waals surface area (Å²) < 4.78 is 4.58. The van der Waals surface area contributed by atoms with Gasteiger partial charge in [-0.25, -0.2) is 0 Å². The number of piperidine rings is 1. The molecule has 0 saturated carbocycles. The molecule has 1 atom stereocenters. The van der Waals surface area contributed by atoms with Gasteiger partial charge in [-0.05, 0) is 7.05 Å². The molecule has 0 aromatic carbocycles. The van der Waals surface area contributed by atoms with E-state index in [2.05, 4.69) is 4.74 Å². The third-order valence-corrected chi connectivity index (χ3v) is 2.17. The van der Waals surface area contributed by atoms with Crippen molar-refractivity contribution in [1.82, 2.24) is 4.90 Å². The third-order valence-electron chi connectivity index (χ3n) is 2.17. The first-order chi connectivity index (χ1) is 5.65. The number of methoxy groups -OCH3 is 1. The highest BCUT2D eigenvalue weighted by atomic mass is 16.5. The number of likely N-dealkylation sites (tertiary alicyclic amines) is 1. The highest BCUT2D eigenvalue weighted by Gasteiger charge is 2.30. The van der Waals surface area contributed by atoms with Gasteiger partial charge in [0.15, 0.2) is 0 Å². The van der Waals surface area contributed by atoms with E-state index in [1.54, 1.807) is 0 Å². The molecule has 0 radical (unpaired) electrons. The third kappa shape index (κ3) is 1.82. The van der Waals surface area contributed by atoms with Gasteiger partial charge in [-0.1, -0.05) is 0 Å². The van der Waals surface area contributed by atoms with Gasteiger partial charge in [-0.15, -0.1) is 0 Å². The number of nitrogens with zero attached hydrogens (tertiary/aromatic N) is 1. The minimum Gasteiger partial charge on any atom is -0.468 e. The number of ether oxygens (including phenoxy) is 1. The fourth-order valence-electron chi connectivity index (χ4n) is 1.33. The SMILES string of the molecule is COC(=O)C1CC(=O)CCN1C. The summed E-state index contributed by atoms with van der Waals surface area (Å²) in [5.74, 6) is -0.172. The molecule has 0 aromatic heterocycles. The van der Waals surface area contributed by atoms with Crippen LogP contribution in [0.5, 0.6) is 0 Å². The first-order valence-electron chi connectivity index (χ1n) is 3.95. The number of likely N-dealkylation sites (N-methyl/N-ethyl adjacent to an activating group) is 1. The van der Waals surface area contributed by atoms with Gasteiger partial charge in [0.2, 0.25) is 0 Å². The predicted octanol–water partition coefficient (Wildman–Crippen LogP) is -0.177. The lowest BCUT2D eigenvalue weighted by molar-refractivity contribution is -0.150. The zero-order valence-corrected chi connectivity index (χ0v) is 7.37. The molecule has 0 N–H and O–H groups in total. The molecule has 0 bridgehead atoms. The molecular formula is C8H13NO3. The minimum absolute atomic E-state index is 0.142. The first-order valence-corrected chi connectivity index (χ1v) is 3.95. The monoisotopic (exact) mass is 171 g/mol. The Kier molecular flexibility index (Phi) is 2.81. The standard InChI is InChI=1S/C8H13NO3/c1-9-4-3-6(10)5-7(9)8(11)12-2/h7H,3-5H2,1-2H3. The maximum atomic E-state index is 11.1. The van der Waals surface area contributed by atoms with Crippen molar-refractivity contribution < 1.29 is 14.3 Å². The zero-order chi connectivity index (χ0) is 9.14. The van der Waals surface area contributed by atoms with Gasteiger partial charge in [0.1, 0.15) is 11.8 Å². The summed E-state index contributed by atoms with van der Waals surface area (Å²) >= 11 is 0. The molecule has 0 aliphatic carbocycles. The molecular weight excluding hydrogens is 158 g/mol. The highest BCUT2D eigenvalue weighted by Crippen LogP contribution is 2.12. The van der Waals surface area contributed by atoms with Crippen molar-refractivity contribution >= 4 is 11.8 Å². The number of carbonyl (C=O) groups is 2. The van der Waals surface area contributed by atoms with E-state index in [0.717, 1.165) is 0 Å². The number of ketones is 1. The molecule has 1 rings (SSSR count). The Hall–Kier alpha value is -0.900. The van der Waals surface area contributed by atoms with Gasteiger partial charge >= 0.3 is 5.97 Å². The highest BCUT2D eigenvalue weighted by molar-refractivity contribution is 5.87. The van der Waals surface area contributed by atoms with E-state index in [-0.39, 0.29) is 17.8 Å². The van der Waals surface area contributed by atoms with Crippen LogP contribution in [0.2, 0.25) is 0 Å². The van der Waals surface area contributed by atoms with Crippen LogP contribution in [-0.2, 0) is 14.3 Å². The summed E-state index contributed by atoms with van der Waals surface area (Å²) in [4.78, 5) is 24.0. The maximum Gasteiger partial charge on any atom is 0.323 e. The Balaban J connectivity index is 2.60. The Morgan fingerprint density at radius 2 is 2.33 bits per heavy atom. The lowest BCUT2D eigenvalue weighted by Crippen LogP contribution is -2.45. The van der Waals surface area contributed by atoms with E-state index in [1.807, 2.05) is 11.9 Å². The van der Waals surface area contributed by atoms with Crippen LogP contribution in [-0.4, -0.2) is 43.4 Å². The molecule has 1 aliphatic rings. The Morgan fingerprint density at radius 1 is 1.67 bits per heavy atom. The number of hydrogen-bond acceptors (Lipinski definition) is 4. The molecule has 1 fully saturated rings. The molecule has 4 nitrogen and oxygen atoms in total. The molecule has 1 heterocycles. The van der Waals surface area contributed by atoms with E-state index >= 15 is 0 Å². The van der Waals surface area contributed by atoms with Crippen LogP contribution in [0, 0.1) is 0 Å². The Labute approximate surface area is 71.5 Å². The van der Waals surface area contributed by atoms with Crippen LogP contribution >= 0.6 is 0 Å². The fourth-order valence-corrected chi connectivity index (χ4v) is 1.33. The van der Waals surface area contributed by atoms with Gasteiger partial charge in [0.25, 0.3) is 0 Å². The molecule has 4 heteroatoms. The molecule has 1 saturated heterocycles. The minimum atomic E-state index is -0.365. The lowest BCUT2D eigenvalue weighted by Gasteiger charge is -2.29. The van der Waals surface area contributed by atoms with Crippen LogP contribution in [0.3, 0.4) is 0 Å². The number of hydrogen-bond donors (Lipinski definition) is 0. The normalized spacial score (nSPS) is 25.5. The average Bonchev–Trinajstić information content (AvgIpc) is 2.08. The molecule has 0 aromatic rings. The van der Waals surface area contributed by atoms with Crippen LogP contribution in [0.4, 0.5) is 0 Å². The largest absolute Gasteiger partial charge is 0.468 e. The smallest absolute Gasteiger partial charge is 0.323 e. The maximum absolute atomic E-state index is 11.1. The predicted molar refractivity (Wildman–Crippen MR) is 42.7 cm³/mol. The van der Waals surface area contributed by atoms with Gasteiger partial charge in [0.05, 0.1) is 7.11 Å². The Morgan fingerprint density at radius 3 is 2.92 bits per heavy atom. The van der Waals surface area contributed by atoms with Crippen molar-refractivity contribution in [3.05, 3.63) is 0 Å². The number of Topliss-reactive ketones (excluding diaryl/α,β-unsaturated/α-hetero) is 1. The molecule has 1 aliphatic heterocycles. The summed E-state index contributed by atoms with van der Waals surface area (Å²) in [5.41, 5.74) is 0. The summed E-state index contributed by atoms with van der Waals surface area (Å²) in [6, 6.07) is -0.365. The van der Waals surface area contributed by atoms with Crippen LogP contribution in [0.1, 0.15) is 12.8 Å². The molecule has 68 valence electrons. The molecule has 0 spiro atoms. The second-order valence-electron chi connectivity index (χ2n) is 3.01. The zero-order valence-electron chi connectivity index (χ0n) is 7.37. The summed E-state index contributed by atoms with van der Waals surface area (Å²) in [6.07, 6.45) is 0.840. The summed E-state index contributed by atoms with van der Waals surface area (Å²) in [7, 11) is 3.17. The van der Waals surface area contributed by atoms with Crippen LogP contribution in [0.25, 0.3) is 0 Å². The second kappa shape index (κ2) is 3.67. The van der Waals surface area contributed by atoms with Crippen molar-refractivity contribution in [2.75, 3.05) is 20.7 Å². The van der Waals surface area contributed by atoms with Gasteiger partial charge in [-0.2, -0.15) is 0 Å². The number of esters is 1. The molecule has 0 amide bonds. The van der Waals surface area contributed by atoms with Gasteiger partial charge in [0, 0.05) is 19.4 Å². The molecule has 12 heavy (non-hydrogen) atoms. The van der Waals surface area contributed by atoms with Crippen LogP contribution in [0.15, 0.2) is 0 Å². The topological polar surface area (TPSA) is 46.6 Å². The van der Waals surface area contributed by atoms with Gasteiger partial charge < -0.3 is 4.74 Å². The van der Waals surface area contributed by atoms with Crippen molar-refractivity contribution in [1.29, 1.82) is 0 Å². The second-order valence-corrected chi connectivity index (χ2v) is 3.01. The quantitative estimate of drug-likeness (QED) is 0.513. The van der Waals surface area contributed by atoms with E-state index in [4.69, 9.17) is 0 Å². The van der Waals surface area contributed by atoms with Crippen molar-refractivity contribution in [3.63, 3.8) is 0 Å². The number of carbonyl (C=O) groups excluding carboxylic acids is 2. The van der Waals surface area contributed by atoms with Gasteiger partial charge in [-0.3, -0.25) is 14.5 Å². The lowest BCUT2D eigenvalue weighted by atomic mass is 10.0. The van der Waals surface area contributed by atoms with E-state index < -0.39 is 0 Å². The average molecular weight is 171 g/mol. The first kappa shape index (κ1) is 9.19. The summed E-state index contributed by atoms with van der Waals surface area (Å²) in [5, 5.41) is 0. The van der Waals surface area contributed by atoms with Crippen molar-refractivity contribution in [3.8, 4) is 0 Å².